The number of hydrogen-bond donors (Lipinski definition) is 0. The van der Waals surface area contributed by atoms with E-state index in [9.17, 15) is 0 Å². The van der Waals surface area contributed by atoms with Gasteiger partial charge >= 0.3 is 0 Å². The van der Waals surface area contributed by atoms with Crippen LogP contribution in [0.2, 0.25) is 0 Å². The molecule has 0 fully saturated rings. The smallest absolute Gasteiger partial charge is 0.271 e. The Balaban J connectivity index is 2.26. The quantitative estimate of drug-likeness (QED) is 0.718. The van der Waals surface area contributed by atoms with Crippen LogP contribution < -0.4 is 0 Å². The molecule has 2 rings (SSSR count). The summed E-state index contributed by atoms with van der Waals surface area (Å²) >= 11 is 1.80. The minimum Gasteiger partial charge on any atom is -0.333 e. The second-order valence-electron chi connectivity index (χ2n) is 3.32. The molecule has 0 aromatic carbocycles. The van der Waals surface area contributed by atoms with Gasteiger partial charge in [-0.3, -0.25) is 0 Å². The zero-order valence-corrected chi connectivity index (χ0v) is 9.44. The van der Waals surface area contributed by atoms with E-state index in [0.29, 0.717) is 13.2 Å². The Bertz CT molecular complexity index is 304. The number of aryl methyl sites for hydroxylation is 2. The zero-order valence-electron chi connectivity index (χ0n) is 8.62. The maximum absolute atomic E-state index is 5.43. The fraction of sp³-hybridized carbons (Fsp3) is 0.600. The molecule has 1 aliphatic rings. The minimum atomic E-state index is -0.522. The Kier molecular flexibility index (Phi) is 2.88. The first kappa shape index (κ1) is 10.1. The van der Waals surface area contributed by atoms with Crippen LogP contribution in [0, 0.1) is 13.8 Å². The molecule has 14 heavy (non-hydrogen) atoms. The normalized spacial score (nSPS) is 17.9. The van der Waals surface area contributed by atoms with Gasteiger partial charge in [0.25, 0.3) is 6.48 Å². The van der Waals surface area contributed by atoms with Gasteiger partial charge in [-0.2, -0.15) is 0 Å². The van der Waals surface area contributed by atoms with Gasteiger partial charge < -0.3 is 14.2 Å². The van der Waals surface area contributed by atoms with E-state index in [4.69, 9.17) is 14.2 Å². The SMILES string of the molecule is COC1OCc2c(C)sc(C)c2CO1. The Morgan fingerprint density at radius 1 is 1.14 bits per heavy atom. The second kappa shape index (κ2) is 3.98. The lowest BCUT2D eigenvalue weighted by Crippen LogP contribution is -2.16. The molecule has 1 aromatic heterocycles. The van der Waals surface area contributed by atoms with Crippen molar-refractivity contribution in [2.24, 2.45) is 0 Å². The molecule has 78 valence electrons. The summed E-state index contributed by atoms with van der Waals surface area (Å²) in [5.41, 5.74) is 2.54. The summed E-state index contributed by atoms with van der Waals surface area (Å²) < 4.78 is 15.9. The average molecular weight is 214 g/mol. The van der Waals surface area contributed by atoms with E-state index >= 15 is 0 Å². The first-order valence-corrected chi connectivity index (χ1v) is 5.37. The molecule has 0 saturated carbocycles. The second-order valence-corrected chi connectivity index (χ2v) is 4.75. The van der Waals surface area contributed by atoms with Crippen LogP contribution in [0.15, 0.2) is 0 Å². The fourth-order valence-corrected chi connectivity index (χ4v) is 2.71. The van der Waals surface area contributed by atoms with Crippen LogP contribution in [0.3, 0.4) is 0 Å². The Labute approximate surface area is 87.6 Å². The molecule has 0 spiro atoms. The molecular weight excluding hydrogens is 200 g/mol. The first-order chi connectivity index (χ1) is 6.72. The highest BCUT2D eigenvalue weighted by Gasteiger charge is 2.20. The summed E-state index contributed by atoms with van der Waals surface area (Å²) in [4.78, 5) is 2.63. The number of hydrogen-bond acceptors (Lipinski definition) is 4. The maximum atomic E-state index is 5.43. The monoisotopic (exact) mass is 214 g/mol. The van der Waals surface area contributed by atoms with Crippen LogP contribution in [0.4, 0.5) is 0 Å². The van der Waals surface area contributed by atoms with Gasteiger partial charge in [-0.25, -0.2) is 0 Å². The molecule has 0 amide bonds. The van der Waals surface area contributed by atoms with Crippen molar-refractivity contribution in [3.8, 4) is 0 Å². The third kappa shape index (κ3) is 1.70. The molecule has 4 heteroatoms. The lowest BCUT2D eigenvalue weighted by molar-refractivity contribution is -0.282. The summed E-state index contributed by atoms with van der Waals surface area (Å²) in [5, 5.41) is 0. The lowest BCUT2D eigenvalue weighted by Gasteiger charge is -2.12. The molecule has 0 aliphatic carbocycles. The van der Waals surface area contributed by atoms with Gasteiger partial charge in [-0.15, -0.1) is 11.3 Å². The van der Waals surface area contributed by atoms with E-state index in [2.05, 4.69) is 13.8 Å². The predicted molar refractivity (Wildman–Crippen MR) is 54.2 cm³/mol. The van der Waals surface area contributed by atoms with Gasteiger partial charge in [0.2, 0.25) is 0 Å². The highest BCUT2D eigenvalue weighted by Crippen LogP contribution is 2.31. The van der Waals surface area contributed by atoms with Crippen molar-refractivity contribution in [1.29, 1.82) is 0 Å². The standard InChI is InChI=1S/C10H14O3S/c1-6-8-4-12-10(11-3)13-5-9(8)7(2)14-6/h10H,4-5H2,1-3H3. The van der Waals surface area contributed by atoms with Gasteiger partial charge in [0, 0.05) is 16.9 Å². The zero-order chi connectivity index (χ0) is 10.1. The van der Waals surface area contributed by atoms with Crippen molar-refractivity contribution < 1.29 is 14.2 Å². The van der Waals surface area contributed by atoms with Crippen LogP contribution in [0.1, 0.15) is 20.9 Å². The number of methoxy groups -OCH3 is 1. The van der Waals surface area contributed by atoms with Gasteiger partial charge in [0.15, 0.2) is 0 Å². The predicted octanol–water partition coefficient (Wildman–Crippen LogP) is 2.34. The fourth-order valence-electron chi connectivity index (χ4n) is 1.64. The lowest BCUT2D eigenvalue weighted by atomic mass is 10.1. The van der Waals surface area contributed by atoms with Gasteiger partial charge in [0.1, 0.15) is 0 Å². The molecule has 2 heterocycles. The highest BCUT2D eigenvalue weighted by atomic mass is 32.1. The Morgan fingerprint density at radius 3 is 2.07 bits per heavy atom. The summed E-state index contributed by atoms with van der Waals surface area (Å²) in [7, 11) is 1.59. The van der Waals surface area contributed by atoms with E-state index in [-0.39, 0.29) is 0 Å². The van der Waals surface area contributed by atoms with Crippen LogP contribution in [-0.2, 0) is 27.4 Å². The van der Waals surface area contributed by atoms with E-state index < -0.39 is 6.48 Å². The van der Waals surface area contributed by atoms with Crippen molar-refractivity contribution in [2.45, 2.75) is 33.5 Å². The van der Waals surface area contributed by atoms with Crippen LogP contribution in [-0.4, -0.2) is 13.6 Å². The molecule has 0 radical (unpaired) electrons. The highest BCUT2D eigenvalue weighted by molar-refractivity contribution is 7.12. The average Bonchev–Trinajstić information content (AvgIpc) is 2.40. The number of ether oxygens (including phenoxy) is 3. The van der Waals surface area contributed by atoms with Crippen LogP contribution in [0.5, 0.6) is 0 Å². The van der Waals surface area contributed by atoms with E-state index in [1.165, 1.54) is 20.9 Å². The third-order valence-electron chi connectivity index (χ3n) is 2.44. The third-order valence-corrected chi connectivity index (χ3v) is 3.55. The molecule has 3 nitrogen and oxygen atoms in total. The summed E-state index contributed by atoms with van der Waals surface area (Å²) in [6.07, 6.45) is 0. The minimum absolute atomic E-state index is 0.522. The number of fused-ring (bicyclic) bond motifs is 1. The van der Waals surface area contributed by atoms with E-state index in [0.717, 1.165) is 0 Å². The maximum Gasteiger partial charge on any atom is 0.271 e. The summed E-state index contributed by atoms with van der Waals surface area (Å²) in [6, 6.07) is 0. The van der Waals surface area contributed by atoms with Crippen molar-refractivity contribution in [2.75, 3.05) is 7.11 Å². The molecule has 1 aliphatic heterocycles. The van der Waals surface area contributed by atoms with Gasteiger partial charge in [-0.05, 0) is 25.0 Å². The summed E-state index contributed by atoms with van der Waals surface area (Å²) in [6.45, 7) is 4.89. The van der Waals surface area contributed by atoms with Crippen molar-refractivity contribution in [1.82, 2.24) is 0 Å². The summed E-state index contributed by atoms with van der Waals surface area (Å²) in [5.74, 6) is 0. The molecular formula is C10H14O3S. The van der Waals surface area contributed by atoms with Gasteiger partial charge in [-0.1, -0.05) is 0 Å². The van der Waals surface area contributed by atoms with Crippen LogP contribution in [0.25, 0.3) is 0 Å². The van der Waals surface area contributed by atoms with E-state index in [1.807, 2.05) is 0 Å². The Hall–Kier alpha value is -0.420. The molecule has 0 atom stereocenters. The van der Waals surface area contributed by atoms with E-state index in [1.54, 1.807) is 18.4 Å². The van der Waals surface area contributed by atoms with Gasteiger partial charge in [0.05, 0.1) is 13.2 Å². The van der Waals surface area contributed by atoms with Crippen LogP contribution >= 0.6 is 11.3 Å². The number of rotatable bonds is 1. The molecule has 0 N–H and O–H groups in total. The van der Waals surface area contributed by atoms with Crippen molar-refractivity contribution in [3.05, 3.63) is 20.9 Å². The molecule has 0 bridgehead atoms. The molecule has 1 aromatic rings. The number of thiophene rings is 1. The largest absolute Gasteiger partial charge is 0.333 e. The first-order valence-electron chi connectivity index (χ1n) is 4.56. The van der Waals surface area contributed by atoms with Crippen molar-refractivity contribution in [3.63, 3.8) is 0 Å². The molecule has 0 saturated heterocycles. The topological polar surface area (TPSA) is 27.7 Å². The molecule has 0 unspecified atom stereocenters. The Morgan fingerprint density at radius 2 is 1.64 bits per heavy atom. The van der Waals surface area contributed by atoms with Crippen molar-refractivity contribution >= 4 is 11.3 Å².